The molecule has 1 aromatic carbocycles. The van der Waals surface area contributed by atoms with Crippen LogP contribution in [0.2, 0.25) is 5.02 Å². The first kappa shape index (κ1) is 16.8. The summed E-state index contributed by atoms with van der Waals surface area (Å²) in [6.45, 7) is 0. The highest BCUT2D eigenvalue weighted by molar-refractivity contribution is 6.30. The Morgan fingerprint density at radius 1 is 1.04 bits per heavy atom. The number of carbonyl (C=O) groups is 3. The van der Waals surface area contributed by atoms with Crippen LogP contribution in [0.15, 0.2) is 24.3 Å². The quantitative estimate of drug-likeness (QED) is 0.721. The number of hydrogen-bond donors (Lipinski definition) is 3. The fourth-order valence-corrected chi connectivity index (χ4v) is 4.20. The number of carboxylic acid groups (broad SMARTS) is 1. The largest absolute Gasteiger partial charge is 0.481 e. The molecular formula is C17H19ClN2O4. The maximum atomic E-state index is 12.3. The highest BCUT2D eigenvalue weighted by atomic mass is 35.5. The zero-order chi connectivity index (χ0) is 17.3. The lowest BCUT2D eigenvalue weighted by atomic mass is 9.79. The highest BCUT2D eigenvalue weighted by Crippen LogP contribution is 2.52. The number of amides is 2. The first-order chi connectivity index (χ1) is 11.5. The zero-order valence-corrected chi connectivity index (χ0v) is 13.8. The maximum absolute atomic E-state index is 12.3. The lowest BCUT2D eigenvalue weighted by molar-refractivity contribution is -0.149. The molecule has 2 aliphatic rings. The molecule has 2 amide bonds. The molecule has 2 saturated carbocycles. The van der Waals surface area contributed by atoms with Crippen molar-refractivity contribution in [1.82, 2.24) is 10.9 Å². The van der Waals surface area contributed by atoms with E-state index in [4.69, 9.17) is 11.6 Å². The predicted molar refractivity (Wildman–Crippen MR) is 86.9 cm³/mol. The van der Waals surface area contributed by atoms with Crippen molar-refractivity contribution in [2.24, 2.45) is 23.7 Å². The average Bonchev–Trinajstić information content (AvgIpc) is 3.15. The lowest BCUT2D eigenvalue weighted by Crippen LogP contribution is -2.49. The van der Waals surface area contributed by atoms with Gasteiger partial charge in [0.1, 0.15) is 0 Å². The summed E-state index contributed by atoms with van der Waals surface area (Å²) in [5, 5.41) is 9.96. The molecule has 2 aliphatic carbocycles. The molecule has 0 unspecified atom stereocenters. The average molecular weight is 351 g/mol. The molecule has 0 spiro atoms. The Hall–Kier alpha value is -2.08. The van der Waals surface area contributed by atoms with Crippen LogP contribution in [0.5, 0.6) is 0 Å². The number of benzene rings is 1. The first-order valence-corrected chi connectivity index (χ1v) is 8.39. The van der Waals surface area contributed by atoms with Crippen LogP contribution in [-0.2, 0) is 20.8 Å². The van der Waals surface area contributed by atoms with Crippen LogP contribution < -0.4 is 10.9 Å². The van der Waals surface area contributed by atoms with Crippen LogP contribution in [0.25, 0.3) is 0 Å². The Morgan fingerprint density at radius 3 is 2.29 bits per heavy atom. The van der Waals surface area contributed by atoms with Crippen LogP contribution in [0.4, 0.5) is 0 Å². The van der Waals surface area contributed by atoms with Gasteiger partial charge in [0, 0.05) is 5.02 Å². The van der Waals surface area contributed by atoms with Gasteiger partial charge < -0.3 is 5.11 Å². The Balaban J connectivity index is 1.54. The fourth-order valence-electron chi connectivity index (χ4n) is 4.07. The summed E-state index contributed by atoms with van der Waals surface area (Å²) >= 11 is 5.79. The van der Waals surface area contributed by atoms with E-state index < -0.39 is 23.7 Å². The number of hydrazine groups is 1. The van der Waals surface area contributed by atoms with Gasteiger partial charge >= 0.3 is 5.97 Å². The smallest absolute Gasteiger partial charge is 0.307 e. The van der Waals surface area contributed by atoms with Crippen molar-refractivity contribution in [3.8, 4) is 0 Å². The number of fused-ring (bicyclic) bond motifs is 2. The van der Waals surface area contributed by atoms with Gasteiger partial charge in [-0.1, -0.05) is 23.7 Å². The van der Waals surface area contributed by atoms with Crippen molar-refractivity contribution >= 4 is 29.4 Å². The van der Waals surface area contributed by atoms with Gasteiger partial charge in [-0.05, 0) is 48.8 Å². The minimum absolute atomic E-state index is 0.0769. The van der Waals surface area contributed by atoms with Crippen LogP contribution in [0.3, 0.4) is 0 Å². The summed E-state index contributed by atoms with van der Waals surface area (Å²) in [6.07, 6.45) is 2.64. The molecule has 0 saturated heterocycles. The summed E-state index contributed by atoms with van der Waals surface area (Å²) in [7, 11) is 0. The number of rotatable bonds is 4. The molecule has 128 valence electrons. The molecule has 2 bridgehead atoms. The molecule has 1 aromatic rings. The van der Waals surface area contributed by atoms with Crippen molar-refractivity contribution in [3.05, 3.63) is 34.9 Å². The fraction of sp³-hybridized carbons (Fsp3) is 0.471. The highest BCUT2D eigenvalue weighted by Gasteiger charge is 2.54. The second kappa shape index (κ2) is 6.81. The SMILES string of the molecule is O=C(Cc1ccc(Cl)cc1)NNC(=O)[C@@H]1[C@@H]2CC[C@@H](C2)[C@@H]1C(=O)O. The first-order valence-electron chi connectivity index (χ1n) is 8.01. The van der Waals surface area contributed by atoms with E-state index in [9.17, 15) is 19.5 Å². The normalized spacial score (nSPS) is 27.7. The number of halogens is 1. The standard InChI is InChI=1S/C17H19ClN2O4/c18-12-5-1-9(2-6-12)7-13(21)19-20-16(22)14-10-3-4-11(8-10)15(14)17(23)24/h1-2,5-6,10-11,14-15H,3-4,7-8H2,(H,19,21)(H,20,22)(H,23,24)/t10-,11+,14-,15+/m1/s1. The minimum Gasteiger partial charge on any atom is -0.481 e. The molecule has 2 fully saturated rings. The Bertz CT molecular complexity index is 661. The van der Waals surface area contributed by atoms with Crippen molar-refractivity contribution < 1.29 is 19.5 Å². The van der Waals surface area contributed by atoms with Gasteiger partial charge in [-0.2, -0.15) is 0 Å². The number of hydrogen-bond acceptors (Lipinski definition) is 3. The molecule has 3 rings (SSSR count). The van der Waals surface area contributed by atoms with E-state index in [0.717, 1.165) is 24.8 Å². The molecule has 24 heavy (non-hydrogen) atoms. The molecule has 3 N–H and O–H groups in total. The third-order valence-electron chi connectivity index (χ3n) is 5.11. The van der Waals surface area contributed by atoms with Gasteiger partial charge in [0.25, 0.3) is 0 Å². The van der Waals surface area contributed by atoms with E-state index in [1.165, 1.54) is 0 Å². The third-order valence-corrected chi connectivity index (χ3v) is 5.36. The van der Waals surface area contributed by atoms with Gasteiger partial charge in [0.05, 0.1) is 18.3 Å². The molecule has 6 nitrogen and oxygen atoms in total. The maximum Gasteiger partial charge on any atom is 0.307 e. The Labute approximate surface area is 144 Å². The van der Waals surface area contributed by atoms with Crippen molar-refractivity contribution in [2.75, 3.05) is 0 Å². The van der Waals surface area contributed by atoms with Crippen molar-refractivity contribution in [3.63, 3.8) is 0 Å². The molecule has 4 atom stereocenters. The van der Waals surface area contributed by atoms with Gasteiger partial charge in [0.15, 0.2) is 0 Å². The molecule has 0 aromatic heterocycles. The number of carboxylic acids is 1. The van der Waals surface area contributed by atoms with Gasteiger partial charge in [-0.25, -0.2) is 0 Å². The van der Waals surface area contributed by atoms with E-state index in [-0.39, 0.29) is 24.2 Å². The van der Waals surface area contributed by atoms with E-state index in [1.54, 1.807) is 24.3 Å². The molecule has 0 aliphatic heterocycles. The topological polar surface area (TPSA) is 95.5 Å². The van der Waals surface area contributed by atoms with Gasteiger partial charge in [-0.15, -0.1) is 0 Å². The molecule has 0 radical (unpaired) electrons. The van der Waals surface area contributed by atoms with E-state index >= 15 is 0 Å². The summed E-state index contributed by atoms with van der Waals surface area (Å²) < 4.78 is 0. The van der Waals surface area contributed by atoms with E-state index in [1.807, 2.05) is 0 Å². The van der Waals surface area contributed by atoms with Crippen LogP contribution in [-0.4, -0.2) is 22.9 Å². The molecular weight excluding hydrogens is 332 g/mol. The summed E-state index contributed by atoms with van der Waals surface area (Å²) in [5.74, 6) is -2.71. The number of aliphatic carboxylic acids is 1. The third kappa shape index (κ3) is 3.38. The lowest BCUT2D eigenvalue weighted by Gasteiger charge is -2.26. The number of carbonyl (C=O) groups excluding carboxylic acids is 2. The molecule has 7 heteroatoms. The van der Waals surface area contributed by atoms with Gasteiger partial charge in [-0.3, -0.25) is 25.2 Å². The second-order valence-electron chi connectivity index (χ2n) is 6.56. The van der Waals surface area contributed by atoms with E-state index in [0.29, 0.717) is 5.02 Å². The predicted octanol–water partition coefficient (Wildman–Crippen LogP) is 1.78. The monoisotopic (exact) mass is 350 g/mol. The summed E-state index contributed by atoms with van der Waals surface area (Å²) in [4.78, 5) is 35.7. The second-order valence-corrected chi connectivity index (χ2v) is 7.00. The zero-order valence-electron chi connectivity index (χ0n) is 13.0. The summed E-state index contributed by atoms with van der Waals surface area (Å²) in [6, 6.07) is 6.85. The summed E-state index contributed by atoms with van der Waals surface area (Å²) in [5.41, 5.74) is 5.55. The minimum atomic E-state index is -0.921. The Kier molecular flexibility index (Phi) is 4.76. The van der Waals surface area contributed by atoms with Crippen molar-refractivity contribution in [1.29, 1.82) is 0 Å². The van der Waals surface area contributed by atoms with Crippen LogP contribution in [0.1, 0.15) is 24.8 Å². The van der Waals surface area contributed by atoms with Gasteiger partial charge in [0.2, 0.25) is 11.8 Å². The molecule has 0 heterocycles. The van der Waals surface area contributed by atoms with Crippen LogP contribution in [0, 0.1) is 23.7 Å². The number of nitrogens with one attached hydrogen (secondary N) is 2. The Morgan fingerprint density at radius 2 is 1.67 bits per heavy atom. The van der Waals surface area contributed by atoms with Crippen molar-refractivity contribution in [2.45, 2.75) is 25.7 Å². The van der Waals surface area contributed by atoms with E-state index in [2.05, 4.69) is 10.9 Å². The van der Waals surface area contributed by atoms with Crippen LogP contribution >= 0.6 is 11.6 Å².